The van der Waals surface area contributed by atoms with Crippen molar-refractivity contribution in [2.45, 2.75) is 44.4 Å². The van der Waals surface area contributed by atoms with E-state index in [0.29, 0.717) is 29.2 Å². The third-order valence-corrected chi connectivity index (χ3v) is 9.23. The van der Waals surface area contributed by atoms with Crippen LogP contribution in [0, 0.1) is 6.92 Å². The number of esters is 1. The van der Waals surface area contributed by atoms with Crippen molar-refractivity contribution < 1.29 is 22.7 Å². The Kier molecular flexibility index (Phi) is 8.79. The predicted molar refractivity (Wildman–Crippen MR) is 147 cm³/mol. The highest BCUT2D eigenvalue weighted by molar-refractivity contribution is 7.89. The highest BCUT2D eigenvalue weighted by Gasteiger charge is 2.26. The number of nitrogens with zero attached hydrogens (tertiary/aromatic N) is 1. The normalized spacial score (nSPS) is 14.6. The monoisotopic (exact) mass is 540 g/mol. The third kappa shape index (κ3) is 6.29. The largest absolute Gasteiger partial charge is 0.462 e. The van der Waals surface area contributed by atoms with Crippen LogP contribution in [0.15, 0.2) is 58.8 Å². The van der Waals surface area contributed by atoms with E-state index in [2.05, 4.69) is 5.32 Å². The molecule has 1 N–H and O–H groups in total. The molecule has 0 saturated carbocycles. The van der Waals surface area contributed by atoms with Crippen LogP contribution < -0.4 is 5.32 Å². The number of anilines is 1. The van der Waals surface area contributed by atoms with Crippen molar-refractivity contribution >= 4 is 38.1 Å². The summed E-state index contributed by atoms with van der Waals surface area (Å²) >= 11 is 1.33. The molecule has 1 saturated heterocycles. The molecule has 1 aliphatic heterocycles. The Labute approximate surface area is 222 Å². The molecule has 0 aliphatic carbocycles. The molecule has 9 heteroatoms. The van der Waals surface area contributed by atoms with Gasteiger partial charge in [-0.25, -0.2) is 13.2 Å². The van der Waals surface area contributed by atoms with Crippen LogP contribution in [0.2, 0.25) is 0 Å². The fraction of sp³-hybridized carbons (Fsp3) is 0.357. The quantitative estimate of drug-likeness (QED) is 0.274. The van der Waals surface area contributed by atoms with Gasteiger partial charge in [0.1, 0.15) is 10.6 Å². The van der Waals surface area contributed by atoms with Gasteiger partial charge in [-0.05, 0) is 44.4 Å². The molecule has 1 aromatic heterocycles. The van der Waals surface area contributed by atoms with Crippen molar-refractivity contribution in [3.05, 3.63) is 70.6 Å². The number of Topliss-reactive ketones (excluding diaryl/α,β-unsaturated/α-hetero) is 1. The Morgan fingerprint density at radius 2 is 1.73 bits per heavy atom. The van der Waals surface area contributed by atoms with Gasteiger partial charge in [0.15, 0.2) is 5.78 Å². The van der Waals surface area contributed by atoms with Gasteiger partial charge in [-0.3, -0.25) is 4.79 Å². The lowest BCUT2D eigenvalue weighted by atomic mass is 10.0. The summed E-state index contributed by atoms with van der Waals surface area (Å²) in [4.78, 5) is 26.0. The molecule has 1 aliphatic rings. The fourth-order valence-corrected chi connectivity index (χ4v) is 6.88. The second-order valence-electron chi connectivity index (χ2n) is 9.06. The van der Waals surface area contributed by atoms with E-state index in [0.717, 1.165) is 42.4 Å². The molecule has 0 atom stereocenters. The summed E-state index contributed by atoms with van der Waals surface area (Å²) in [6.45, 7) is 4.89. The Bertz CT molecular complexity index is 1360. The van der Waals surface area contributed by atoms with E-state index in [-0.39, 0.29) is 23.8 Å². The number of rotatable bonds is 9. The number of aryl methyl sites for hydroxylation is 1. The van der Waals surface area contributed by atoms with E-state index in [1.165, 1.54) is 27.8 Å². The van der Waals surface area contributed by atoms with E-state index in [1.54, 1.807) is 19.1 Å². The lowest BCUT2D eigenvalue weighted by molar-refractivity contribution is 0.0528. The number of ketones is 1. The number of hydrogen-bond donors (Lipinski definition) is 1. The van der Waals surface area contributed by atoms with Crippen LogP contribution in [0.3, 0.4) is 0 Å². The molecule has 0 unspecified atom stereocenters. The summed E-state index contributed by atoms with van der Waals surface area (Å²) in [5.41, 5.74) is 3.43. The van der Waals surface area contributed by atoms with Crippen LogP contribution in [-0.2, 0) is 14.8 Å². The maximum absolute atomic E-state index is 13.2. The Balaban J connectivity index is 1.54. The SMILES string of the molecule is CCOC(=O)c1c(-c2ccc(C)cc2)csc1NCC(=O)c1cccc(S(=O)(=O)N2CCCCCC2)c1. The number of benzene rings is 2. The zero-order valence-electron chi connectivity index (χ0n) is 21.2. The molecule has 4 rings (SSSR count). The van der Waals surface area contributed by atoms with E-state index in [9.17, 15) is 18.0 Å². The summed E-state index contributed by atoms with van der Waals surface area (Å²) in [5.74, 6) is -0.729. The van der Waals surface area contributed by atoms with Crippen molar-refractivity contribution in [3.63, 3.8) is 0 Å². The molecule has 1 fully saturated rings. The molecule has 0 bridgehead atoms. The van der Waals surface area contributed by atoms with Crippen LogP contribution in [-0.4, -0.2) is 50.7 Å². The zero-order valence-corrected chi connectivity index (χ0v) is 22.8. The minimum atomic E-state index is -3.66. The van der Waals surface area contributed by atoms with Crippen molar-refractivity contribution in [2.75, 3.05) is 31.6 Å². The first-order valence-corrected chi connectivity index (χ1v) is 14.9. The third-order valence-electron chi connectivity index (χ3n) is 6.40. The first kappa shape index (κ1) is 27.0. The van der Waals surface area contributed by atoms with Gasteiger partial charge in [0, 0.05) is 29.6 Å². The first-order chi connectivity index (χ1) is 17.8. The van der Waals surface area contributed by atoms with Gasteiger partial charge in [-0.15, -0.1) is 11.3 Å². The number of hydrogen-bond acceptors (Lipinski definition) is 7. The molecule has 3 aromatic rings. The summed E-state index contributed by atoms with van der Waals surface area (Å²) in [7, 11) is -3.66. The maximum Gasteiger partial charge on any atom is 0.341 e. The van der Waals surface area contributed by atoms with Crippen LogP contribution in [0.25, 0.3) is 11.1 Å². The summed E-state index contributed by atoms with van der Waals surface area (Å²) < 4.78 is 33.2. The van der Waals surface area contributed by atoms with Crippen molar-refractivity contribution in [1.82, 2.24) is 4.31 Å². The van der Waals surface area contributed by atoms with Crippen LogP contribution >= 0.6 is 11.3 Å². The van der Waals surface area contributed by atoms with E-state index in [1.807, 2.05) is 36.6 Å². The number of thiophene rings is 1. The number of carbonyl (C=O) groups is 2. The molecule has 0 radical (unpaired) electrons. The van der Waals surface area contributed by atoms with Crippen LogP contribution in [0.5, 0.6) is 0 Å². The molecule has 0 spiro atoms. The summed E-state index contributed by atoms with van der Waals surface area (Å²) in [6.07, 6.45) is 3.74. The molecule has 0 amide bonds. The highest BCUT2D eigenvalue weighted by Crippen LogP contribution is 2.36. The molecule has 7 nitrogen and oxygen atoms in total. The molecule has 2 aromatic carbocycles. The summed E-state index contributed by atoms with van der Waals surface area (Å²) in [6, 6.07) is 14.1. The lowest BCUT2D eigenvalue weighted by Crippen LogP contribution is -2.32. The Morgan fingerprint density at radius 1 is 1.03 bits per heavy atom. The molecule has 196 valence electrons. The Hall–Kier alpha value is -3.01. The average molecular weight is 541 g/mol. The standard InChI is InChI=1S/C28H32N2O5S2/c1-3-35-28(32)26-24(21-13-11-20(2)12-14-21)19-36-27(26)29-18-25(31)22-9-8-10-23(17-22)37(33,34)30-15-6-4-5-7-16-30/h8-14,17,19,29H,3-7,15-16,18H2,1-2H3. The minimum absolute atomic E-state index is 0.0898. The summed E-state index contributed by atoms with van der Waals surface area (Å²) in [5, 5.41) is 5.50. The van der Waals surface area contributed by atoms with Gasteiger partial charge in [0.05, 0.1) is 18.0 Å². The molecule has 2 heterocycles. The fourth-order valence-electron chi connectivity index (χ4n) is 4.36. The van der Waals surface area contributed by atoms with Crippen molar-refractivity contribution in [1.29, 1.82) is 0 Å². The van der Waals surface area contributed by atoms with Gasteiger partial charge in [0.25, 0.3) is 0 Å². The predicted octanol–water partition coefficient (Wildman–Crippen LogP) is 5.76. The Morgan fingerprint density at radius 3 is 2.41 bits per heavy atom. The second-order valence-corrected chi connectivity index (χ2v) is 11.9. The van der Waals surface area contributed by atoms with Gasteiger partial charge in [-0.1, -0.05) is 54.8 Å². The van der Waals surface area contributed by atoms with Gasteiger partial charge >= 0.3 is 5.97 Å². The molecular formula is C28H32N2O5S2. The van der Waals surface area contributed by atoms with E-state index < -0.39 is 16.0 Å². The number of carbonyl (C=O) groups excluding carboxylic acids is 2. The van der Waals surface area contributed by atoms with Crippen LogP contribution in [0.4, 0.5) is 5.00 Å². The van der Waals surface area contributed by atoms with Gasteiger partial charge < -0.3 is 10.1 Å². The molecule has 37 heavy (non-hydrogen) atoms. The first-order valence-electron chi connectivity index (χ1n) is 12.5. The van der Waals surface area contributed by atoms with Gasteiger partial charge in [-0.2, -0.15) is 4.31 Å². The van der Waals surface area contributed by atoms with Crippen molar-refractivity contribution in [2.24, 2.45) is 0 Å². The maximum atomic E-state index is 13.2. The van der Waals surface area contributed by atoms with Gasteiger partial charge in [0.2, 0.25) is 10.0 Å². The highest BCUT2D eigenvalue weighted by atomic mass is 32.2. The molecular weight excluding hydrogens is 508 g/mol. The lowest BCUT2D eigenvalue weighted by Gasteiger charge is -2.20. The van der Waals surface area contributed by atoms with Crippen molar-refractivity contribution in [3.8, 4) is 11.1 Å². The minimum Gasteiger partial charge on any atom is -0.462 e. The van der Waals surface area contributed by atoms with E-state index in [4.69, 9.17) is 4.74 Å². The topological polar surface area (TPSA) is 92.8 Å². The van der Waals surface area contributed by atoms with E-state index >= 15 is 0 Å². The zero-order chi connectivity index (χ0) is 26.4. The number of sulfonamides is 1. The number of ether oxygens (including phenoxy) is 1. The smallest absolute Gasteiger partial charge is 0.341 e. The van der Waals surface area contributed by atoms with Crippen LogP contribution in [0.1, 0.15) is 58.9 Å². The average Bonchev–Trinajstić information content (AvgIpc) is 3.12. The second kappa shape index (κ2) is 12.0. The number of nitrogens with one attached hydrogen (secondary N) is 1.